The highest BCUT2D eigenvalue weighted by atomic mass is 16.6. The summed E-state index contributed by atoms with van der Waals surface area (Å²) in [6.45, 7) is 11.2. The van der Waals surface area contributed by atoms with Crippen molar-refractivity contribution in [2.45, 2.75) is 39.4 Å². The van der Waals surface area contributed by atoms with Crippen LogP contribution in [0, 0.1) is 0 Å². The van der Waals surface area contributed by atoms with Crippen molar-refractivity contribution in [1.29, 1.82) is 0 Å². The Balaban J connectivity index is 0.000000303. The molecule has 0 spiro atoms. The number of nitrogens with zero attached hydrogens (tertiary/aromatic N) is 1. The molecular formula is C25H35N3O4. The quantitative estimate of drug-likeness (QED) is 0.640. The lowest BCUT2D eigenvalue weighted by Crippen LogP contribution is -2.43. The van der Waals surface area contributed by atoms with Gasteiger partial charge in [0, 0.05) is 38.4 Å². The molecule has 0 aromatic heterocycles. The molecule has 2 aromatic carbocycles. The van der Waals surface area contributed by atoms with Crippen molar-refractivity contribution in [1.82, 2.24) is 10.6 Å². The van der Waals surface area contributed by atoms with E-state index in [1.807, 2.05) is 51.1 Å². The van der Waals surface area contributed by atoms with Crippen LogP contribution in [0.15, 0.2) is 54.6 Å². The van der Waals surface area contributed by atoms with Crippen LogP contribution in [0.5, 0.6) is 0 Å². The number of hydrogen-bond acceptors (Lipinski definition) is 6. The summed E-state index contributed by atoms with van der Waals surface area (Å²) in [5, 5.41) is 6.14. The molecule has 1 aliphatic rings. The summed E-state index contributed by atoms with van der Waals surface area (Å²) in [6.07, 6.45) is 0.450. The molecule has 0 bridgehead atoms. The van der Waals surface area contributed by atoms with Gasteiger partial charge in [0.15, 0.2) is 0 Å². The van der Waals surface area contributed by atoms with Crippen molar-refractivity contribution in [3.8, 4) is 0 Å². The summed E-state index contributed by atoms with van der Waals surface area (Å²) in [5.41, 5.74) is 3.05. The predicted molar refractivity (Wildman–Crippen MR) is 127 cm³/mol. The number of benzene rings is 2. The van der Waals surface area contributed by atoms with Gasteiger partial charge in [-0.2, -0.15) is 0 Å². The standard InChI is InChI=1S/C17H27N3O2.C8H8O2/c1-17(2,3)22-16(21)19-9-8-14-4-6-15(7-5-14)20-12-10-18-11-13-20;9-7-10-6-8-4-2-1-3-5-8/h4-7,18H,8-13H2,1-3H3,(H,19,21);1-5,7H,6H2. The Labute approximate surface area is 191 Å². The van der Waals surface area contributed by atoms with Crippen LogP contribution in [0.1, 0.15) is 31.9 Å². The number of carbonyl (C=O) groups excluding carboxylic acids is 2. The lowest BCUT2D eigenvalue weighted by Gasteiger charge is -2.29. The normalized spacial score (nSPS) is 13.4. The number of hydrogen-bond donors (Lipinski definition) is 2. The molecule has 0 radical (unpaired) electrons. The van der Waals surface area contributed by atoms with Gasteiger partial charge in [-0.05, 0) is 50.5 Å². The molecule has 0 saturated carbocycles. The van der Waals surface area contributed by atoms with Gasteiger partial charge in [-0.15, -0.1) is 0 Å². The Morgan fingerprint density at radius 3 is 2.28 bits per heavy atom. The van der Waals surface area contributed by atoms with Crippen molar-refractivity contribution in [3.63, 3.8) is 0 Å². The Hall–Kier alpha value is -3.06. The second kappa shape index (κ2) is 13.4. The number of rotatable bonds is 7. The minimum Gasteiger partial charge on any atom is -0.463 e. The highest BCUT2D eigenvalue weighted by Gasteiger charge is 2.15. The van der Waals surface area contributed by atoms with Crippen LogP contribution in [0.25, 0.3) is 0 Å². The van der Waals surface area contributed by atoms with Crippen molar-refractivity contribution in [2.24, 2.45) is 0 Å². The van der Waals surface area contributed by atoms with E-state index in [0.717, 1.165) is 38.2 Å². The summed E-state index contributed by atoms with van der Waals surface area (Å²) in [6, 6.07) is 18.1. The molecule has 32 heavy (non-hydrogen) atoms. The third kappa shape index (κ3) is 10.3. The summed E-state index contributed by atoms with van der Waals surface area (Å²) in [7, 11) is 0. The monoisotopic (exact) mass is 441 g/mol. The largest absolute Gasteiger partial charge is 0.463 e. The number of piperazine rings is 1. The Morgan fingerprint density at radius 2 is 1.69 bits per heavy atom. The fourth-order valence-corrected chi connectivity index (χ4v) is 3.12. The second-order valence-corrected chi connectivity index (χ2v) is 8.47. The molecule has 3 rings (SSSR count). The first kappa shape index (κ1) is 25.2. The molecule has 0 aliphatic carbocycles. The lowest BCUT2D eigenvalue weighted by molar-refractivity contribution is -0.129. The lowest BCUT2D eigenvalue weighted by atomic mass is 10.1. The first-order valence-corrected chi connectivity index (χ1v) is 11.0. The summed E-state index contributed by atoms with van der Waals surface area (Å²) < 4.78 is 9.75. The van der Waals surface area contributed by atoms with E-state index in [2.05, 4.69) is 44.5 Å². The molecule has 7 nitrogen and oxygen atoms in total. The highest BCUT2D eigenvalue weighted by molar-refractivity contribution is 5.67. The molecule has 174 valence electrons. The molecule has 7 heteroatoms. The van der Waals surface area contributed by atoms with Gasteiger partial charge in [-0.3, -0.25) is 4.79 Å². The maximum absolute atomic E-state index is 11.6. The molecular weight excluding hydrogens is 406 g/mol. The van der Waals surface area contributed by atoms with Gasteiger partial charge < -0.3 is 25.0 Å². The highest BCUT2D eigenvalue weighted by Crippen LogP contribution is 2.16. The number of anilines is 1. The minimum absolute atomic E-state index is 0.357. The van der Waals surface area contributed by atoms with E-state index in [4.69, 9.17) is 4.74 Å². The van der Waals surface area contributed by atoms with Crippen molar-refractivity contribution >= 4 is 18.3 Å². The average molecular weight is 442 g/mol. The molecule has 2 N–H and O–H groups in total. The van der Waals surface area contributed by atoms with Gasteiger partial charge >= 0.3 is 6.09 Å². The molecule has 1 amide bonds. The first-order valence-electron chi connectivity index (χ1n) is 11.0. The molecule has 1 heterocycles. The fourth-order valence-electron chi connectivity index (χ4n) is 3.12. The molecule has 1 fully saturated rings. The minimum atomic E-state index is -0.449. The zero-order chi connectivity index (χ0) is 23.2. The van der Waals surface area contributed by atoms with Gasteiger partial charge in [0.05, 0.1) is 0 Å². The zero-order valence-electron chi connectivity index (χ0n) is 19.3. The second-order valence-electron chi connectivity index (χ2n) is 8.47. The molecule has 1 saturated heterocycles. The van der Waals surface area contributed by atoms with E-state index in [9.17, 15) is 9.59 Å². The van der Waals surface area contributed by atoms with E-state index in [1.54, 1.807) is 0 Å². The molecule has 0 atom stereocenters. The van der Waals surface area contributed by atoms with Crippen LogP contribution < -0.4 is 15.5 Å². The van der Waals surface area contributed by atoms with E-state index >= 15 is 0 Å². The smallest absolute Gasteiger partial charge is 0.407 e. The van der Waals surface area contributed by atoms with Crippen molar-refractivity contribution < 1.29 is 19.1 Å². The zero-order valence-corrected chi connectivity index (χ0v) is 19.3. The van der Waals surface area contributed by atoms with Gasteiger partial charge in [0.1, 0.15) is 12.2 Å². The van der Waals surface area contributed by atoms with Crippen LogP contribution in [0.2, 0.25) is 0 Å². The number of ether oxygens (including phenoxy) is 2. The first-order chi connectivity index (χ1) is 15.4. The number of carbonyl (C=O) groups is 2. The number of alkyl carbamates (subject to hydrolysis) is 1. The summed E-state index contributed by atoms with van der Waals surface area (Å²) in [4.78, 5) is 23.7. The number of amides is 1. The van der Waals surface area contributed by atoms with E-state index in [1.165, 1.54) is 11.3 Å². The maximum atomic E-state index is 11.6. The van der Waals surface area contributed by atoms with Crippen LogP contribution in [0.4, 0.5) is 10.5 Å². The SMILES string of the molecule is CC(C)(C)OC(=O)NCCc1ccc(N2CCNCC2)cc1.O=COCc1ccccc1. The van der Waals surface area contributed by atoms with Crippen LogP contribution in [-0.4, -0.2) is 50.9 Å². The van der Waals surface area contributed by atoms with Gasteiger partial charge in [-0.25, -0.2) is 4.79 Å². The predicted octanol–water partition coefficient (Wildman–Crippen LogP) is 3.52. The Morgan fingerprint density at radius 1 is 1.03 bits per heavy atom. The van der Waals surface area contributed by atoms with E-state index in [0.29, 0.717) is 19.6 Å². The third-order valence-electron chi connectivity index (χ3n) is 4.66. The fraction of sp³-hybridized carbons (Fsp3) is 0.440. The van der Waals surface area contributed by atoms with E-state index in [-0.39, 0.29) is 6.09 Å². The Kier molecular flexibility index (Phi) is 10.5. The molecule has 0 unspecified atom stereocenters. The summed E-state index contributed by atoms with van der Waals surface area (Å²) >= 11 is 0. The van der Waals surface area contributed by atoms with Crippen LogP contribution >= 0.6 is 0 Å². The summed E-state index contributed by atoms with van der Waals surface area (Å²) in [5.74, 6) is 0. The average Bonchev–Trinajstić information content (AvgIpc) is 2.79. The Bertz CT molecular complexity index is 798. The maximum Gasteiger partial charge on any atom is 0.407 e. The molecule has 1 aliphatic heterocycles. The van der Waals surface area contributed by atoms with Crippen LogP contribution in [0.3, 0.4) is 0 Å². The van der Waals surface area contributed by atoms with Gasteiger partial charge in [0.2, 0.25) is 0 Å². The third-order valence-corrected chi connectivity index (χ3v) is 4.66. The topological polar surface area (TPSA) is 79.9 Å². The number of nitrogens with one attached hydrogen (secondary N) is 2. The van der Waals surface area contributed by atoms with Gasteiger partial charge in [0.25, 0.3) is 6.47 Å². The van der Waals surface area contributed by atoms with Crippen molar-refractivity contribution in [2.75, 3.05) is 37.6 Å². The van der Waals surface area contributed by atoms with Crippen molar-refractivity contribution in [3.05, 3.63) is 65.7 Å². The van der Waals surface area contributed by atoms with E-state index < -0.39 is 5.60 Å². The van der Waals surface area contributed by atoms with Gasteiger partial charge in [-0.1, -0.05) is 42.5 Å². The van der Waals surface area contributed by atoms with Crippen LogP contribution in [-0.2, 0) is 27.3 Å². The molecule has 2 aromatic rings.